The number of anilines is 1. The van der Waals surface area contributed by atoms with Gasteiger partial charge in [0, 0.05) is 11.9 Å². The summed E-state index contributed by atoms with van der Waals surface area (Å²) in [5.74, 6) is -1.47. The first-order chi connectivity index (χ1) is 10.4. The molecule has 0 aliphatic heterocycles. The van der Waals surface area contributed by atoms with Gasteiger partial charge in [-0.1, -0.05) is 6.07 Å². The number of hydrogen-bond donors (Lipinski definition) is 2. The molecule has 1 amide bonds. The second kappa shape index (κ2) is 6.33. The van der Waals surface area contributed by atoms with Crippen molar-refractivity contribution in [2.24, 2.45) is 0 Å². The van der Waals surface area contributed by atoms with Gasteiger partial charge in [0.25, 0.3) is 5.91 Å². The van der Waals surface area contributed by atoms with Crippen molar-refractivity contribution in [1.82, 2.24) is 4.98 Å². The summed E-state index contributed by atoms with van der Waals surface area (Å²) in [5, 5.41) is 2.23. The van der Waals surface area contributed by atoms with Crippen molar-refractivity contribution in [2.45, 2.75) is 6.18 Å². The van der Waals surface area contributed by atoms with Crippen LogP contribution in [0.5, 0.6) is 0 Å². The minimum absolute atomic E-state index is 0.0317. The number of hydrogen-bond acceptors (Lipinski definition) is 3. The number of aromatic amines is 1. The number of rotatable bonds is 4. The van der Waals surface area contributed by atoms with Crippen molar-refractivity contribution in [2.75, 3.05) is 11.9 Å². The van der Waals surface area contributed by atoms with Gasteiger partial charge in [-0.3, -0.25) is 4.79 Å². The predicted octanol–water partition coefficient (Wildman–Crippen LogP) is 2.83. The molecule has 1 heterocycles. The van der Waals surface area contributed by atoms with E-state index in [1.807, 2.05) is 0 Å². The van der Waals surface area contributed by atoms with Gasteiger partial charge in [-0.25, -0.2) is 4.79 Å². The first-order valence-corrected chi connectivity index (χ1v) is 6.14. The molecule has 22 heavy (non-hydrogen) atoms. The Labute approximate surface area is 123 Å². The highest BCUT2D eigenvalue weighted by molar-refractivity contribution is 5.94. The van der Waals surface area contributed by atoms with Gasteiger partial charge in [-0.15, -0.1) is 0 Å². The maximum Gasteiger partial charge on any atom is 0.416 e. The van der Waals surface area contributed by atoms with Crippen LogP contribution in [-0.2, 0) is 15.7 Å². The number of carbonyl (C=O) groups excluding carboxylic acids is 2. The lowest BCUT2D eigenvalue weighted by atomic mass is 10.2. The van der Waals surface area contributed by atoms with E-state index in [-0.39, 0.29) is 11.4 Å². The fourth-order valence-corrected chi connectivity index (χ4v) is 1.64. The van der Waals surface area contributed by atoms with E-state index in [0.29, 0.717) is 0 Å². The molecule has 0 unspecified atom stereocenters. The zero-order valence-corrected chi connectivity index (χ0v) is 11.1. The second-order valence-corrected chi connectivity index (χ2v) is 4.29. The third-order valence-electron chi connectivity index (χ3n) is 2.63. The van der Waals surface area contributed by atoms with Gasteiger partial charge in [0.1, 0.15) is 5.69 Å². The van der Waals surface area contributed by atoms with Crippen molar-refractivity contribution in [3.8, 4) is 0 Å². The monoisotopic (exact) mass is 312 g/mol. The first-order valence-electron chi connectivity index (χ1n) is 6.14. The Kier molecular flexibility index (Phi) is 4.50. The number of nitrogens with one attached hydrogen (secondary N) is 2. The van der Waals surface area contributed by atoms with Crippen LogP contribution in [0.1, 0.15) is 16.1 Å². The largest absolute Gasteiger partial charge is 0.451 e. The van der Waals surface area contributed by atoms with Crippen LogP contribution in [0.25, 0.3) is 0 Å². The number of H-pyrrole nitrogens is 1. The SMILES string of the molecule is O=C(COC(=O)c1ccc[nH]1)Nc1cccc(C(F)(F)F)c1. The quantitative estimate of drug-likeness (QED) is 0.853. The third kappa shape index (κ3) is 4.11. The van der Waals surface area contributed by atoms with Gasteiger partial charge in [0.15, 0.2) is 6.61 Å². The lowest BCUT2D eigenvalue weighted by Gasteiger charge is -2.10. The molecular formula is C14H11F3N2O3. The normalized spacial score (nSPS) is 11.0. The number of benzene rings is 1. The fourth-order valence-electron chi connectivity index (χ4n) is 1.64. The molecule has 2 N–H and O–H groups in total. The molecule has 0 spiro atoms. The van der Waals surface area contributed by atoms with E-state index in [1.165, 1.54) is 24.4 Å². The van der Waals surface area contributed by atoms with Gasteiger partial charge in [-0.2, -0.15) is 13.2 Å². The van der Waals surface area contributed by atoms with Crippen LogP contribution in [0.2, 0.25) is 0 Å². The Balaban J connectivity index is 1.91. The van der Waals surface area contributed by atoms with Crippen LogP contribution in [0, 0.1) is 0 Å². The maximum atomic E-state index is 12.5. The number of aromatic nitrogens is 1. The van der Waals surface area contributed by atoms with Crippen LogP contribution in [0.3, 0.4) is 0 Å². The molecule has 0 radical (unpaired) electrons. The van der Waals surface area contributed by atoms with Crippen LogP contribution >= 0.6 is 0 Å². The molecule has 0 bridgehead atoms. The van der Waals surface area contributed by atoms with Crippen LogP contribution in [0.4, 0.5) is 18.9 Å². The Morgan fingerprint density at radius 2 is 1.95 bits per heavy atom. The predicted molar refractivity (Wildman–Crippen MR) is 71.1 cm³/mol. The molecule has 0 aliphatic rings. The van der Waals surface area contributed by atoms with Gasteiger partial charge in [0.2, 0.25) is 0 Å². The highest BCUT2D eigenvalue weighted by Gasteiger charge is 2.30. The van der Waals surface area contributed by atoms with E-state index >= 15 is 0 Å². The van der Waals surface area contributed by atoms with Crippen LogP contribution < -0.4 is 5.32 Å². The molecule has 1 aromatic heterocycles. The van der Waals surface area contributed by atoms with Crippen LogP contribution in [-0.4, -0.2) is 23.5 Å². The minimum atomic E-state index is -4.50. The molecule has 1 aromatic carbocycles. The van der Waals surface area contributed by atoms with Crippen molar-refractivity contribution < 1.29 is 27.5 Å². The highest BCUT2D eigenvalue weighted by Crippen LogP contribution is 2.30. The minimum Gasteiger partial charge on any atom is -0.451 e. The Hall–Kier alpha value is -2.77. The standard InChI is InChI=1S/C14H11F3N2O3/c15-14(16,17)9-3-1-4-10(7-9)19-12(20)8-22-13(21)11-5-2-6-18-11/h1-7,18H,8H2,(H,19,20). The van der Waals surface area contributed by atoms with Gasteiger partial charge < -0.3 is 15.0 Å². The lowest BCUT2D eigenvalue weighted by Crippen LogP contribution is -2.21. The van der Waals surface area contributed by atoms with Crippen molar-refractivity contribution >= 4 is 17.6 Å². The summed E-state index contributed by atoms with van der Waals surface area (Å²) in [6.07, 6.45) is -2.99. The summed E-state index contributed by atoms with van der Waals surface area (Å²) in [6.45, 7) is -0.603. The van der Waals surface area contributed by atoms with Crippen molar-refractivity contribution in [3.05, 3.63) is 53.9 Å². The molecule has 5 nitrogen and oxygen atoms in total. The average molecular weight is 312 g/mol. The fraction of sp³-hybridized carbons (Fsp3) is 0.143. The Bertz CT molecular complexity index is 666. The third-order valence-corrected chi connectivity index (χ3v) is 2.63. The number of esters is 1. The number of halogens is 3. The number of amides is 1. The van der Waals surface area contributed by atoms with Gasteiger partial charge in [-0.05, 0) is 30.3 Å². The molecule has 0 saturated carbocycles. The van der Waals surface area contributed by atoms with E-state index in [2.05, 4.69) is 10.3 Å². The molecule has 2 rings (SSSR count). The first kappa shape index (κ1) is 15.6. The molecule has 0 saturated heterocycles. The smallest absolute Gasteiger partial charge is 0.416 e. The van der Waals surface area contributed by atoms with E-state index < -0.39 is 30.2 Å². The van der Waals surface area contributed by atoms with Crippen LogP contribution in [0.15, 0.2) is 42.6 Å². The molecule has 8 heteroatoms. The van der Waals surface area contributed by atoms with Gasteiger partial charge in [0.05, 0.1) is 5.56 Å². The average Bonchev–Trinajstić information content (AvgIpc) is 2.98. The molecular weight excluding hydrogens is 301 g/mol. The van der Waals surface area contributed by atoms with E-state index in [0.717, 1.165) is 12.1 Å². The molecule has 0 aliphatic carbocycles. The van der Waals surface area contributed by atoms with Crippen molar-refractivity contribution in [3.63, 3.8) is 0 Å². The number of alkyl halides is 3. The molecule has 116 valence electrons. The van der Waals surface area contributed by atoms with Crippen molar-refractivity contribution in [1.29, 1.82) is 0 Å². The van der Waals surface area contributed by atoms with E-state index in [4.69, 9.17) is 4.74 Å². The number of carbonyl (C=O) groups is 2. The summed E-state index contributed by atoms with van der Waals surface area (Å²) in [7, 11) is 0. The summed E-state index contributed by atoms with van der Waals surface area (Å²) >= 11 is 0. The molecule has 0 atom stereocenters. The maximum absolute atomic E-state index is 12.5. The molecule has 0 fully saturated rings. The summed E-state index contributed by atoms with van der Waals surface area (Å²) < 4.78 is 42.3. The Morgan fingerprint density at radius 3 is 2.59 bits per heavy atom. The summed E-state index contributed by atoms with van der Waals surface area (Å²) in [6, 6.07) is 7.21. The Morgan fingerprint density at radius 1 is 1.18 bits per heavy atom. The summed E-state index contributed by atoms with van der Waals surface area (Å²) in [5.41, 5.74) is -0.740. The summed E-state index contributed by atoms with van der Waals surface area (Å²) in [4.78, 5) is 25.6. The lowest BCUT2D eigenvalue weighted by molar-refractivity contribution is -0.137. The zero-order valence-electron chi connectivity index (χ0n) is 11.1. The van der Waals surface area contributed by atoms with E-state index in [1.54, 1.807) is 6.07 Å². The topological polar surface area (TPSA) is 71.2 Å². The number of ether oxygens (including phenoxy) is 1. The van der Waals surface area contributed by atoms with Gasteiger partial charge >= 0.3 is 12.1 Å². The van der Waals surface area contributed by atoms with E-state index in [9.17, 15) is 22.8 Å². The molecule has 2 aromatic rings. The second-order valence-electron chi connectivity index (χ2n) is 4.29. The zero-order chi connectivity index (χ0) is 16.2. The highest BCUT2D eigenvalue weighted by atomic mass is 19.4.